The summed E-state index contributed by atoms with van der Waals surface area (Å²) in [5.41, 5.74) is 0.517. The molecule has 1 saturated heterocycles. The molecule has 2 rings (SSSR count). The lowest BCUT2D eigenvalue weighted by molar-refractivity contribution is 0.0981. The second kappa shape index (κ2) is 6.58. The Morgan fingerprint density at radius 2 is 1.70 bits per heavy atom. The summed E-state index contributed by atoms with van der Waals surface area (Å²) in [6.45, 7) is 2.57. The van der Waals surface area contributed by atoms with E-state index in [1.54, 1.807) is 6.92 Å². The van der Waals surface area contributed by atoms with Gasteiger partial charge in [0, 0.05) is 18.7 Å². The summed E-state index contributed by atoms with van der Waals surface area (Å²) in [6.07, 6.45) is 3.49. The first-order valence-corrected chi connectivity index (χ1v) is 10.6. The fraction of sp³-hybridized carbons (Fsp3) is 0.500. The normalized spacial score (nSPS) is 17.0. The van der Waals surface area contributed by atoms with E-state index < -0.39 is 26.0 Å². The van der Waals surface area contributed by atoms with Crippen LogP contribution in [0.3, 0.4) is 0 Å². The van der Waals surface area contributed by atoms with E-state index in [1.807, 2.05) is 4.72 Å². The molecule has 1 fully saturated rings. The van der Waals surface area contributed by atoms with Gasteiger partial charge in [-0.1, -0.05) is 12.5 Å². The topological polar surface area (TPSA) is 101 Å². The van der Waals surface area contributed by atoms with E-state index in [2.05, 4.69) is 0 Å². The highest BCUT2D eigenvalue weighted by Gasteiger charge is 2.28. The van der Waals surface area contributed by atoms with Gasteiger partial charge in [-0.15, -0.1) is 0 Å². The number of rotatable bonds is 4. The van der Waals surface area contributed by atoms with Crippen LogP contribution in [-0.4, -0.2) is 46.4 Å². The third kappa shape index (κ3) is 4.30. The van der Waals surface area contributed by atoms with E-state index in [-0.39, 0.29) is 10.5 Å². The zero-order chi connectivity index (χ0) is 17.3. The van der Waals surface area contributed by atoms with Gasteiger partial charge in [0.25, 0.3) is 5.91 Å². The van der Waals surface area contributed by atoms with Crippen molar-refractivity contribution in [2.45, 2.75) is 31.1 Å². The second-order valence-corrected chi connectivity index (χ2v) is 9.30. The van der Waals surface area contributed by atoms with Crippen molar-refractivity contribution < 1.29 is 21.6 Å². The van der Waals surface area contributed by atoms with Gasteiger partial charge in [-0.3, -0.25) is 4.79 Å². The molecule has 23 heavy (non-hydrogen) atoms. The van der Waals surface area contributed by atoms with Crippen LogP contribution in [0.15, 0.2) is 23.1 Å². The number of sulfonamides is 2. The number of carbonyl (C=O) groups is 1. The van der Waals surface area contributed by atoms with Gasteiger partial charge < -0.3 is 0 Å². The Balaban J connectivity index is 2.39. The lowest BCUT2D eigenvalue weighted by atomic mass is 10.1. The highest BCUT2D eigenvalue weighted by molar-refractivity contribution is 7.89. The van der Waals surface area contributed by atoms with Crippen molar-refractivity contribution in [1.29, 1.82) is 0 Å². The molecule has 0 aromatic heterocycles. The van der Waals surface area contributed by atoms with Crippen molar-refractivity contribution in [2.75, 3.05) is 19.3 Å². The number of carbonyl (C=O) groups excluding carboxylic acids is 1. The number of benzene rings is 1. The van der Waals surface area contributed by atoms with Gasteiger partial charge in [0.05, 0.1) is 11.2 Å². The predicted octanol–water partition coefficient (Wildman–Crippen LogP) is 0.859. The lowest BCUT2D eigenvalue weighted by Crippen LogP contribution is -2.36. The maximum absolute atomic E-state index is 12.7. The van der Waals surface area contributed by atoms with Gasteiger partial charge in [-0.05, 0) is 37.5 Å². The highest BCUT2D eigenvalue weighted by atomic mass is 32.2. The standard InChI is InChI=1S/C14H20N2O5S2/c1-11-6-7-12(14(17)15-22(2,18)19)10-13(11)23(20,21)16-8-4-3-5-9-16/h6-7,10H,3-5,8-9H2,1-2H3,(H,15,17). The zero-order valence-electron chi connectivity index (χ0n) is 13.1. The smallest absolute Gasteiger partial charge is 0.264 e. The molecule has 1 aliphatic heterocycles. The SMILES string of the molecule is Cc1ccc(C(=O)NS(C)(=O)=O)cc1S(=O)(=O)N1CCCCC1. The maximum atomic E-state index is 12.7. The molecule has 1 amide bonds. The fourth-order valence-electron chi connectivity index (χ4n) is 2.49. The van der Waals surface area contributed by atoms with E-state index >= 15 is 0 Å². The van der Waals surface area contributed by atoms with E-state index in [0.29, 0.717) is 18.7 Å². The summed E-state index contributed by atoms with van der Waals surface area (Å²) >= 11 is 0. The molecule has 0 atom stereocenters. The highest BCUT2D eigenvalue weighted by Crippen LogP contribution is 2.24. The van der Waals surface area contributed by atoms with Gasteiger partial charge in [-0.2, -0.15) is 4.31 Å². The molecular weight excluding hydrogens is 340 g/mol. The van der Waals surface area contributed by atoms with Crippen molar-refractivity contribution in [1.82, 2.24) is 9.03 Å². The summed E-state index contributed by atoms with van der Waals surface area (Å²) in [4.78, 5) is 12.0. The Kier molecular flexibility index (Phi) is 5.12. The van der Waals surface area contributed by atoms with Crippen LogP contribution in [0, 0.1) is 6.92 Å². The number of piperidine rings is 1. The lowest BCUT2D eigenvalue weighted by Gasteiger charge is -2.26. The van der Waals surface area contributed by atoms with Gasteiger partial charge in [0.1, 0.15) is 0 Å². The van der Waals surface area contributed by atoms with Crippen molar-refractivity contribution in [3.8, 4) is 0 Å². The first kappa shape index (κ1) is 17.9. The number of hydrogen-bond acceptors (Lipinski definition) is 5. The summed E-state index contributed by atoms with van der Waals surface area (Å²) in [7, 11) is -7.40. The second-order valence-electron chi connectivity index (χ2n) is 5.65. The van der Waals surface area contributed by atoms with Crippen molar-refractivity contribution in [2.24, 2.45) is 0 Å². The molecule has 0 radical (unpaired) electrons. The molecule has 9 heteroatoms. The van der Waals surface area contributed by atoms with Crippen LogP contribution in [-0.2, 0) is 20.0 Å². The average molecular weight is 360 g/mol. The van der Waals surface area contributed by atoms with Crippen molar-refractivity contribution in [3.63, 3.8) is 0 Å². The fourth-order valence-corrected chi connectivity index (χ4v) is 4.71. The monoisotopic (exact) mass is 360 g/mol. The first-order chi connectivity index (χ1) is 10.6. The zero-order valence-corrected chi connectivity index (χ0v) is 14.7. The van der Waals surface area contributed by atoms with E-state index in [9.17, 15) is 21.6 Å². The summed E-state index contributed by atoms with van der Waals surface area (Å²) in [5.74, 6) is -0.845. The molecule has 7 nitrogen and oxygen atoms in total. The Morgan fingerprint density at radius 3 is 2.26 bits per heavy atom. The molecule has 0 aliphatic carbocycles. The predicted molar refractivity (Wildman–Crippen MR) is 86.1 cm³/mol. The quantitative estimate of drug-likeness (QED) is 0.858. The molecule has 128 valence electrons. The molecule has 0 spiro atoms. The Bertz CT molecular complexity index is 810. The minimum Gasteiger partial charge on any atom is -0.268 e. The van der Waals surface area contributed by atoms with Crippen LogP contribution in [0.5, 0.6) is 0 Å². The Morgan fingerprint density at radius 1 is 1.09 bits per heavy atom. The number of nitrogens with one attached hydrogen (secondary N) is 1. The average Bonchev–Trinajstić information content (AvgIpc) is 2.46. The van der Waals surface area contributed by atoms with Gasteiger partial charge in [0.2, 0.25) is 20.0 Å². The number of aryl methyl sites for hydroxylation is 1. The molecule has 0 unspecified atom stereocenters. The van der Waals surface area contributed by atoms with Crippen LogP contribution in [0.2, 0.25) is 0 Å². The molecule has 1 aromatic rings. The molecule has 0 saturated carbocycles. The van der Waals surface area contributed by atoms with Gasteiger partial charge >= 0.3 is 0 Å². The Hall–Kier alpha value is -1.45. The number of nitrogens with zero attached hydrogens (tertiary/aromatic N) is 1. The molecule has 1 aliphatic rings. The van der Waals surface area contributed by atoms with E-state index in [0.717, 1.165) is 25.5 Å². The molecule has 1 N–H and O–H groups in total. The third-order valence-electron chi connectivity index (χ3n) is 3.66. The van der Waals surface area contributed by atoms with Crippen molar-refractivity contribution >= 4 is 26.0 Å². The minimum atomic E-state index is -3.71. The van der Waals surface area contributed by atoms with E-state index in [4.69, 9.17) is 0 Å². The number of hydrogen-bond donors (Lipinski definition) is 1. The summed E-state index contributed by atoms with van der Waals surface area (Å²) in [6, 6.07) is 4.15. The van der Waals surface area contributed by atoms with Crippen LogP contribution in [0.25, 0.3) is 0 Å². The largest absolute Gasteiger partial charge is 0.268 e. The maximum Gasteiger partial charge on any atom is 0.264 e. The molecule has 1 aromatic carbocycles. The van der Waals surface area contributed by atoms with E-state index in [1.165, 1.54) is 22.5 Å². The van der Waals surface area contributed by atoms with Crippen LogP contribution in [0.1, 0.15) is 35.2 Å². The van der Waals surface area contributed by atoms with Crippen LogP contribution < -0.4 is 4.72 Å². The van der Waals surface area contributed by atoms with Gasteiger partial charge in [0.15, 0.2) is 0 Å². The van der Waals surface area contributed by atoms with Crippen LogP contribution in [0.4, 0.5) is 0 Å². The number of amides is 1. The van der Waals surface area contributed by atoms with Crippen molar-refractivity contribution in [3.05, 3.63) is 29.3 Å². The minimum absolute atomic E-state index is 0.00314. The summed E-state index contributed by atoms with van der Waals surface area (Å²) in [5, 5.41) is 0. The van der Waals surface area contributed by atoms with Crippen LogP contribution >= 0.6 is 0 Å². The van der Waals surface area contributed by atoms with Gasteiger partial charge in [-0.25, -0.2) is 21.6 Å². The molecular formula is C14H20N2O5S2. The first-order valence-electron chi connectivity index (χ1n) is 7.24. The molecule has 0 bridgehead atoms. The molecule has 1 heterocycles. The third-order valence-corrected chi connectivity index (χ3v) is 6.26. The summed E-state index contributed by atoms with van der Waals surface area (Å²) < 4.78 is 51.0. The Labute approximate surface area is 136 Å².